The minimum atomic E-state index is 0.510. The molecule has 0 N–H and O–H groups in total. The zero-order valence-electron chi connectivity index (χ0n) is 12.9. The Morgan fingerprint density at radius 2 is 1.65 bits per heavy atom. The van der Waals surface area contributed by atoms with Crippen molar-refractivity contribution >= 4 is 35.1 Å². The standard InChI is InChI=1S/C19H16Cl2N2/c1-13-10-15(12-22-16-8-9-18(20)19(21)11-16)14(2)23(13)17-6-4-3-5-7-17/h3-12H,1-2H3. The van der Waals surface area contributed by atoms with E-state index in [1.165, 1.54) is 5.69 Å². The molecule has 4 heteroatoms. The predicted molar refractivity (Wildman–Crippen MR) is 99.0 cm³/mol. The summed E-state index contributed by atoms with van der Waals surface area (Å²) in [6, 6.07) is 17.8. The van der Waals surface area contributed by atoms with E-state index in [1.54, 1.807) is 12.1 Å². The fourth-order valence-electron chi connectivity index (χ4n) is 2.60. The number of hydrogen-bond donors (Lipinski definition) is 0. The first-order chi connectivity index (χ1) is 11.1. The number of aliphatic imine (C=N–C) groups is 1. The number of benzene rings is 2. The second kappa shape index (κ2) is 6.61. The van der Waals surface area contributed by atoms with Gasteiger partial charge in [0.25, 0.3) is 0 Å². The molecule has 0 fully saturated rings. The molecule has 0 aliphatic rings. The van der Waals surface area contributed by atoms with Gasteiger partial charge in [0.05, 0.1) is 15.7 Å². The van der Waals surface area contributed by atoms with Crippen molar-refractivity contribution < 1.29 is 0 Å². The van der Waals surface area contributed by atoms with Crippen LogP contribution in [0.25, 0.3) is 5.69 Å². The molecule has 2 aromatic carbocycles. The number of hydrogen-bond acceptors (Lipinski definition) is 1. The highest BCUT2D eigenvalue weighted by Gasteiger charge is 2.09. The lowest BCUT2D eigenvalue weighted by Crippen LogP contribution is -1.98. The van der Waals surface area contributed by atoms with Crippen molar-refractivity contribution in [2.75, 3.05) is 0 Å². The summed E-state index contributed by atoms with van der Waals surface area (Å²) in [4.78, 5) is 4.51. The summed E-state index contributed by atoms with van der Waals surface area (Å²) >= 11 is 12.0. The van der Waals surface area contributed by atoms with Gasteiger partial charge in [-0.25, -0.2) is 0 Å². The third-order valence-electron chi connectivity index (χ3n) is 3.74. The van der Waals surface area contributed by atoms with Crippen LogP contribution in [0, 0.1) is 13.8 Å². The van der Waals surface area contributed by atoms with Crippen LogP contribution in [0.3, 0.4) is 0 Å². The Morgan fingerprint density at radius 1 is 0.913 bits per heavy atom. The summed E-state index contributed by atoms with van der Waals surface area (Å²) in [7, 11) is 0. The van der Waals surface area contributed by atoms with Crippen molar-refractivity contribution in [1.82, 2.24) is 4.57 Å². The Kier molecular flexibility index (Phi) is 4.56. The summed E-state index contributed by atoms with van der Waals surface area (Å²) in [6.45, 7) is 4.19. The molecule has 116 valence electrons. The molecular formula is C19H16Cl2N2. The molecule has 0 bridgehead atoms. The first-order valence-electron chi connectivity index (χ1n) is 7.30. The van der Waals surface area contributed by atoms with Crippen molar-refractivity contribution in [2.45, 2.75) is 13.8 Å². The highest BCUT2D eigenvalue weighted by atomic mass is 35.5. The normalized spacial score (nSPS) is 11.3. The number of aromatic nitrogens is 1. The monoisotopic (exact) mass is 342 g/mol. The third-order valence-corrected chi connectivity index (χ3v) is 4.48. The van der Waals surface area contributed by atoms with Crippen LogP contribution < -0.4 is 0 Å². The average molecular weight is 343 g/mol. The average Bonchev–Trinajstić information content (AvgIpc) is 2.83. The van der Waals surface area contributed by atoms with Gasteiger partial charge in [-0.15, -0.1) is 0 Å². The van der Waals surface area contributed by atoms with E-state index < -0.39 is 0 Å². The molecule has 0 aliphatic heterocycles. The number of nitrogens with zero attached hydrogens (tertiary/aromatic N) is 2. The Balaban J connectivity index is 1.95. The van der Waals surface area contributed by atoms with Crippen LogP contribution in [0.15, 0.2) is 59.6 Å². The molecular weight excluding hydrogens is 327 g/mol. The van der Waals surface area contributed by atoms with Crippen LogP contribution in [0.5, 0.6) is 0 Å². The fourth-order valence-corrected chi connectivity index (χ4v) is 2.89. The first kappa shape index (κ1) is 15.9. The van der Waals surface area contributed by atoms with Crippen molar-refractivity contribution in [2.24, 2.45) is 4.99 Å². The predicted octanol–water partition coefficient (Wildman–Crippen LogP) is 6.15. The molecule has 2 nitrogen and oxygen atoms in total. The lowest BCUT2D eigenvalue weighted by molar-refractivity contribution is 0.965. The van der Waals surface area contributed by atoms with E-state index in [0.29, 0.717) is 10.0 Å². The summed E-state index contributed by atoms with van der Waals surface area (Å²) in [6.07, 6.45) is 1.86. The lowest BCUT2D eigenvalue weighted by atomic mass is 10.2. The van der Waals surface area contributed by atoms with E-state index in [-0.39, 0.29) is 0 Å². The molecule has 0 saturated carbocycles. The lowest BCUT2D eigenvalue weighted by Gasteiger charge is -2.08. The van der Waals surface area contributed by atoms with Gasteiger partial charge in [0, 0.05) is 28.9 Å². The van der Waals surface area contributed by atoms with E-state index in [2.05, 4.69) is 41.6 Å². The number of halogens is 2. The smallest absolute Gasteiger partial charge is 0.0645 e. The highest BCUT2D eigenvalue weighted by Crippen LogP contribution is 2.27. The van der Waals surface area contributed by atoms with Crippen LogP contribution in [0.4, 0.5) is 5.69 Å². The molecule has 1 aromatic heterocycles. The van der Waals surface area contributed by atoms with E-state index >= 15 is 0 Å². The second-order valence-electron chi connectivity index (χ2n) is 5.35. The summed E-state index contributed by atoms with van der Waals surface area (Å²) in [5, 5.41) is 1.05. The van der Waals surface area contributed by atoms with Crippen LogP contribution >= 0.6 is 23.2 Å². The maximum absolute atomic E-state index is 6.03. The summed E-state index contributed by atoms with van der Waals surface area (Å²) in [5.74, 6) is 0. The molecule has 3 aromatic rings. The molecule has 0 spiro atoms. The molecule has 1 heterocycles. The van der Waals surface area contributed by atoms with Gasteiger partial charge in [-0.2, -0.15) is 0 Å². The third kappa shape index (κ3) is 3.34. The SMILES string of the molecule is Cc1cc(C=Nc2ccc(Cl)c(Cl)c2)c(C)n1-c1ccccc1. The maximum atomic E-state index is 6.03. The Labute approximate surface area is 146 Å². The molecule has 0 atom stereocenters. The maximum Gasteiger partial charge on any atom is 0.0645 e. The van der Waals surface area contributed by atoms with Crippen LogP contribution in [0.2, 0.25) is 10.0 Å². The van der Waals surface area contributed by atoms with Gasteiger partial charge in [0.1, 0.15) is 0 Å². The number of rotatable bonds is 3. The zero-order chi connectivity index (χ0) is 16.4. The van der Waals surface area contributed by atoms with E-state index in [1.807, 2.05) is 30.5 Å². The molecule has 0 radical (unpaired) electrons. The van der Waals surface area contributed by atoms with Crippen LogP contribution in [-0.4, -0.2) is 10.8 Å². The second-order valence-corrected chi connectivity index (χ2v) is 6.17. The van der Waals surface area contributed by atoms with Crippen molar-refractivity contribution in [1.29, 1.82) is 0 Å². The van der Waals surface area contributed by atoms with Gasteiger partial charge >= 0.3 is 0 Å². The Morgan fingerprint density at radius 3 is 2.35 bits per heavy atom. The van der Waals surface area contributed by atoms with E-state index in [4.69, 9.17) is 23.2 Å². The highest BCUT2D eigenvalue weighted by molar-refractivity contribution is 6.42. The molecule has 23 heavy (non-hydrogen) atoms. The fraction of sp³-hybridized carbons (Fsp3) is 0.105. The molecule has 0 aliphatic carbocycles. The van der Waals surface area contributed by atoms with Crippen LogP contribution in [-0.2, 0) is 0 Å². The van der Waals surface area contributed by atoms with Gasteiger partial charge in [0.15, 0.2) is 0 Å². The Hall–Kier alpha value is -2.03. The summed E-state index contributed by atoms with van der Waals surface area (Å²) in [5.41, 5.74) is 5.33. The van der Waals surface area contributed by atoms with Gasteiger partial charge in [0.2, 0.25) is 0 Å². The largest absolute Gasteiger partial charge is 0.318 e. The minimum Gasteiger partial charge on any atom is -0.318 e. The topological polar surface area (TPSA) is 17.3 Å². The van der Waals surface area contributed by atoms with E-state index in [0.717, 1.165) is 22.6 Å². The van der Waals surface area contributed by atoms with Crippen molar-refractivity contribution in [3.8, 4) is 5.69 Å². The molecule has 3 rings (SSSR count). The van der Waals surface area contributed by atoms with Gasteiger partial charge in [-0.05, 0) is 50.2 Å². The summed E-state index contributed by atoms with van der Waals surface area (Å²) < 4.78 is 2.22. The number of para-hydroxylation sites is 1. The Bertz CT molecular complexity index is 865. The quantitative estimate of drug-likeness (QED) is 0.507. The van der Waals surface area contributed by atoms with Gasteiger partial charge in [-0.1, -0.05) is 41.4 Å². The zero-order valence-corrected chi connectivity index (χ0v) is 14.4. The molecule has 0 unspecified atom stereocenters. The van der Waals surface area contributed by atoms with Crippen molar-refractivity contribution in [3.63, 3.8) is 0 Å². The van der Waals surface area contributed by atoms with E-state index in [9.17, 15) is 0 Å². The minimum absolute atomic E-state index is 0.510. The van der Waals surface area contributed by atoms with Crippen molar-refractivity contribution in [3.05, 3.63) is 81.6 Å². The number of aryl methyl sites for hydroxylation is 1. The molecule has 0 amide bonds. The van der Waals surface area contributed by atoms with Gasteiger partial charge < -0.3 is 4.57 Å². The first-order valence-corrected chi connectivity index (χ1v) is 8.05. The van der Waals surface area contributed by atoms with Gasteiger partial charge in [-0.3, -0.25) is 4.99 Å². The van der Waals surface area contributed by atoms with Crippen LogP contribution in [0.1, 0.15) is 17.0 Å². The molecule has 0 saturated heterocycles.